The average molecular weight is 210 g/mol. The molecule has 0 heterocycles. The summed E-state index contributed by atoms with van der Waals surface area (Å²) in [5, 5.41) is 2.99. The van der Waals surface area contributed by atoms with Crippen LogP contribution in [-0.4, -0.2) is 21.3 Å². The first-order valence-electron chi connectivity index (χ1n) is 4.79. The van der Waals surface area contributed by atoms with Gasteiger partial charge in [0.15, 0.2) is 11.5 Å². The summed E-state index contributed by atoms with van der Waals surface area (Å²) in [6.07, 6.45) is -0.190. The summed E-state index contributed by atoms with van der Waals surface area (Å²) in [4.78, 5) is 0. The maximum atomic E-state index is 5.90. The molecule has 1 atom stereocenters. The quantitative estimate of drug-likeness (QED) is 0.733. The van der Waals surface area contributed by atoms with Crippen LogP contribution in [0.15, 0.2) is 12.1 Å². The van der Waals surface area contributed by atoms with E-state index in [1.54, 1.807) is 14.2 Å². The van der Waals surface area contributed by atoms with Crippen molar-refractivity contribution in [3.63, 3.8) is 0 Å². The summed E-state index contributed by atoms with van der Waals surface area (Å²) >= 11 is 0. The first kappa shape index (κ1) is 11.8. The summed E-state index contributed by atoms with van der Waals surface area (Å²) in [6, 6.07) is 3.82. The van der Waals surface area contributed by atoms with E-state index in [9.17, 15) is 0 Å². The van der Waals surface area contributed by atoms with Crippen molar-refractivity contribution in [3.8, 4) is 11.5 Å². The van der Waals surface area contributed by atoms with Gasteiger partial charge in [0.2, 0.25) is 0 Å². The molecular formula is C11H18N2O2. The fourth-order valence-electron chi connectivity index (χ4n) is 1.49. The van der Waals surface area contributed by atoms with Gasteiger partial charge in [0.25, 0.3) is 0 Å². The summed E-state index contributed by atoms with van der Waals surface area (Å²) in [5.41, 5.74) is 7.99. The molecule has 0 fully saturated rings. The van der Waals surface area contributed by atoms with Crippen molar-refractivity contribution in [1.29, 1.82) is 0 Å². The molecular weight excluding hydrogens is 192 g/mol. The van der Waals surface area contributed by atoms with E-state index in [0.717, 1.165) is 16.9 Å². The van der Waals surface area contributed by atoms with Crippen LogP contribution in [0.2, 0.25) is 0 Å². The molecule has 0 aliphatic carbocycles. The average Bonchev–Trinajstić information content (AvgIpc) is 2.27. The Balaban J connectivity index is 3.19. The van der Waals surface area contributed by atoms with Crippen LogP contribution in [0.3, 0.4) is 0 Å². The van der Waals surface area contributed by atoms with Crippen molar-refractivity contribution >= 4 is 0 Å². The van der Waals surface area contributed by atoms with Gasteiger partial charge in [0.05, 0.1) is 20.4 Å². The van der Waals surface area contributed by atoms with Gasteiger partial charge < -0.3 is 20.5 Å². The van der Waals surface area contributed by atoms with Crippen LogP contribution in [0.1, 0.15) is 17.3 Å². The zero-order valence-electron chi connectivity index (χ0n) is 9.63. The normalized spacial score (nSPS) is 12.3. The molecule has 1 aromatic rings. The Morgan fingerprint density at radius 2 is 1.73 bits per heavy atom. The van der Waals surface area contributed by atoms with E-state index in [-0.39, 0.29) is 6.17 Å². The highest BCUT2D eigenvalue weighted by Gasteiger charge is 2.12. The third-order valence-corrected chi connectivity index (χ3v) is 2.42. The van der Waals surface area contributed by atoms with E-state index in [1.807, 2.05) is 26.1 Å². The predicted octanol–water partition coefficient (Wildman–Crippen LogP) is 1.19. The molecule has 15 heavy (non-hydrogen) atoms. The molecule has 1 rings (SSSR count). The van der Waals surface area contributed by atoms with Crippen molar-refractivity contribution < 1.29 is 9.47 Å². The van der Waals surface area contributed by atoms with Gasteiger partial charge in [-0.05, 0) is 37.2 Å². The Morgan fingerprint density at radius 3 is 2.20 bits per heavy atom. The molecule has 0 aliphatic rings. The Morgan fingerprint density at radius 1 is 1.20 bits per heavy atom. The minimum atomic E-state index is -0.190. The van der Waals surface area contributed by atoms with Crippen LogP contribution in [0.4, 0.5) is 0 Å². The highest BCUT2D eigenvalue weighted by molar-refractivity contribution is 5.47. The Kier molecular flexibility index (Phi) is 3.94. The second-order valence-corrected chi connectivity index (χ2v) is 3.33. The molecule has 0 aromatic heterocycles. The molecule has 0 bridgehead atoms. The summed E-state index contributed by atoms with van der Waals surface area (Å²) in [6.45, 7) is 1.99. The number of benzene rings is 1. The van der Waals surface area contributed by atoms with Gasteiger partial charge in [-0.1, -0.05) is 0 Å². The second-order valence-electron chi connectivity index (χ2n) is 3.33. The molecule has 4 nitrogen and oxygen atoms in total. The molecule has 0 amide bonds. The van der Waals surface area contributed by atoms with Crippen molar-refractivity contribution in [2.45, 2.75) is 13.1 Å². The number of hydrogen-bond donors (Lipinski definition) is 2. The smallest absolute Gasteiger partial charge is 0.161 e. The summed E-state index contributed by atoms with van der Waals surface area (Å²) < 4.78 is 10.4. The fraction of sp³-hybridized carbons (Fsp3) is 0.455. The largest absolute Gasteiger partial charge is 0.493 e. The molecule has 0 saturated carbocycles. The SMILES string of the molecule is CNC(N)c1cc(OC)c(OC)cc1C. The monoisotopic (exact) mass is 210 g/mol. The van der Waals surface area contributed by atoms with E-state index in [0.29, 0.717) is 5.75 Å². The van der Waals surface area contributed by atoms with Gasteiger partial charge >= 0.3 is 0 Å². The van der Waals surface area contributed by atoms with Crippen LogP contribution in [0, 0.1) is 6.92 Å². The van der Waals surface area contributed by atoms with Crippen LogP contribution >= 0.6 is 0 Å². The van der Waals surface area contributed by atoms with Gasteiger partial charge in [-0.25, -0.2) is 0 Å². The van der Waals surface area contributed by atoms with Crippen LogP contribution < -0.4 is 20.5 Å². The van der Waals surface area contributed by atoms with Crippen molar-refractivity contribution in [2.24, 2.45) is 5.73 Å². The van der Waals surface area contributed by atoms with Gasteiger partial charge in [0.1, 0.15) is 0 Å². The van der Waals surface area contributed by atoms with Crippen LogP contribution in [-0.2, 0) is 0 Å². The van der Waals surface area contributed by atoms with E-state index < -0.39 is 0 Å². The van der Waals surface area contributed by atoms with Crippen LogP contribution in [0.25, 0.3) is 0 Å². The molecule has 0 aliphatic heterocycles. The van der Waals surface area contributed by atoms with Gasteiger partial charge in [-0.3, -0.25) is 0 Å². The molecule has 0 spiro atoms. The summed E-state index contributed by atoms with van der Waals surface area (Å²) in [7, 11) is 5.05. The molecule has 1 aromatic carbocycles. The lowest BCUT2D eigenvalue weighted by atomic mass is 10.1. The summed E-state index contributed by atoms with van der Waals surface area (Å²) in [5.74, 6) is 1.42. The highest BCUT2D eigenvalue weighted by atomic mass is 16.5. The lowest BCUT2D eigenvalue weighted by Crippen LogP contribution is -2.25. The maximum Gasteiger partial charge on any atom is 0.161 e. The first-order valence-corrected chi connectivity index (χ1v) is 4.79. The van der Waals surface area contributed by atoms with E-state index in [1.165, 1.54) is 0 Å². The van der Waals surface area contributed by atoms with Crippen molar-refractivity contribution in [2.75, 3.05) is 21.3 Å². The zero-order chi connectivity index (χ0) is 11.4. The van der Waals surface area contributed by atoms with E-state index in [4.69, 9.17) is 15.2 Å². The molecule has 3 N–H and O–H groups in total. The topological polar surface area (TPSA) is 56.5 Å². The first-order chi connectivity index (χ1) is 7.13. The van der Waals surface area contributed by atoms with Gasteiger partial charge in [-0.15, -0.1) is 0 Å². The van der Waals surface area contributed by atoms with Gasteiger partial charge in [-0.2, -0.15) is 0 Å². The third-order valence-electron chi connectivity index (χ3n) is 2.42. The minimum absolute atomic E-state index is 0.190. The Hall–Kier alpha value is -1.26. The lowest BCUT2D eigenvalue weighted by molar-refractivity contribution is 0.353. The number of nitrogens with two attached hydrogens (primary N) is 1. The second kappa shape index (κ2) is 5.00. The predicted molar refractivity (Wildman–Crippen MR) is 60.3 cm³/mol. The van der Waals surface area contributed by atoms with Gasteiger partial charge in [0, 0.05) is 0 Å². The van der Waals surface area contributed by atoms with E-state index >= 15 is 0 Å². The fourth-order valence-corrected chi connectivity index (χ4v) is 1.49. The standard InChI is InChI=1S/C11H18N2O2/c1-7-5-9(14-3)10(15-4)6-8(7)11(12)13-2/h5-6,11,13H,12H2,1-4H3. The molecule has 0 radical (unpaired) electrons. The molecule has 1 unspecified atom stereocenters. The maximum absolute atomic E-state index is 5.90. The van der Waals surface area contributed by atoms with E-state index in [2.05, 4.69) is 5.32 Å². The van der Waals surface area contributed by atoms with Crippen molar-refractivity contribution in [1.82, 2.24) is 5.32 Å². The Labute approximate surface area is 90.4 Å². The number of aryl methyl sites for hydroxylation is 1. The lowest BCUT2D eigenvalue weighted by Gasteiger charge is -2.17. The highest BCUT2D eigenvalue weighted by Crippen LogP contribution is 2.31. The third kappa shape index (κ3) is 2.40. The number of hydrogen-bond acceptors (Lipinski definition) is 4. The Bertz CT molecular complexity index is 340. The minimum Gasteiger partial charge on any atom is -0.493 e. The molecule has 0 saturated heterocycles. The molecule has 4 heteroatoms. The number of rotatable bonds is 4. The molecule has 84 valence electrons. The zero-order valence-corrected chi connectivity index (χ0v) is 9.63. The number of ether oxygens (including phenoxy) is 2. The van der Waals surface area contributed by atoms with Crippen LogP contribution in [0.5, 0.6) is 11.5 Å². The number of methoxy groups -OCH3 is 2. The number of nitrogens with one attached hydrogen (secondary N) is 1. The van der Waals surface area contributed by atoms with Crippen molar-refractivity contribution in [3.05, 3.63) is 23.3 Å².